The summed E-state index contributed by atoms with van der Waals surface area (Å²) >= 11 is 9.26. The Kier molecular flexibility index (Phi) is 6.63. The molecule has 3 aromatic carbocycles. The lowest BCUT2D eigenvalue weighted by molar-refractivity contribution is 0.0955. The number of hydrogen-bond acceptors (Lipinski definition) is 3. The molecule has 27 heavy (non-hydrogen) atoms. The van der Waals surface area contributed by atoms with E-state index in [1.807, 2.05) is 48.5 Å². The smallest absolute Gasteiger partial charge is 0.271 e. The minimum atomic E-state index is -0.301. The van der Waals surface area contributed by atoms with Crippen molar-refractivity contribution in [2.24, 2.45) is 5.10 Å². The van der Waals surface area contributed by atoms with Gasteiger partial charge in [0.05, 0.1) is 6.21 Å². The largest absolute Gasteiger partial charge is 0.489 e. The molecule has 136 valence electrons. The standard InChI is InChI=1S/C21H16BrClN2O2/c22-18-5-1-4-16(11-18)14-27-20-6-2-3-15(12-20)13-24-25-21(26)17-7-9-19(23)10-8-17/h1-13H,14H2,(H,25,26). The number of nitrogens with zero attached hydrogens (tertiary/aromatic N) is 1. The van der Waals surface area contributed by atoms with Crippen molar-refractivity contribution < 1.29 is 9.53 Å². The Morgan fingerprint density at radius 3 is 2.63 bits per heavy atom. The zero-order valence-electron chi connectivity index (χ0n) is 14.2. The first-order chi connectivity index (χ1) is 13.1. The molecule has 0 saturated heterocycles. The number of carbonyl (C=O) groups is 1. The summed E-state index contributed by atoms with van der Waals surface area (Å²) in [5.74, 6) is 0.424. The summed E-state index contributed by atoms with van der Waals surface area (Å²) in [5, 5.41) is 4.57. The predicted octanol–water partition coefficient (Wildman–Crippen LogP) is 5.45. The normalized spacial score (nSPS) is 10.7. The molecule has 6 heteroatoms. The number of hydrazone groups is 1. The zero-order valence-corrected chi connectivity index (χ0v) is 16.6. The molecule has 1 N–H and O–H groups in total. The molecule has 0 spiro atoms. The van der Waals surface area contributed by atoms with Crippen LogP contribution in [0.25, 0.3) is 0 Å². The van der Waals surface area contributed by atoms with Gasteiger partial charge in [0.25, 0.3) is 5.91 Å². The van der Waals surface area contributed by atoms with E-state index in [-0.39, 0.29) is 5.91 Å². The van der Waals surface area contributed by atoms with Gasteiger partial charge in [-0.3, -0.25) is 4.79 Å². The van der Waals surface area contributed by atoms with E-state index < -0.39 is 0 Å². The van der Waals surface area contributed by atoms with Crippen molar-refractivity contribution in [1.82, 2.24) is 5.43 Å². The van der Waals surface area contributed by atoms with E-state index in [1.165, 1.54) is 0 Å². The summed E-state index contributed by atoms with van der Waals surface area (Å²) in [6.45, 7) is 0.466. The fourth-order valence-electron chi connectivity index (χ4n) is 2.31. The van der Waals surface area contributed by atoms with Gasteiger partial charge in [0.2, 0.25) is 0 Å². The van der Waals surface area contributed by atoms with Gasteiger partial charge in [0.15, 0.2) is 0 Å². The van der Waals surface area contributed by atoms with Crippen LogP contribution in [-0.2, 0) is 6.61 Å². The number of nitrogens with one attached hydrogen (secondary N) is 1. The van der Waals surface area contributed by atoms with Crippen LogP contribution in [0.5, 0.6) is 5.75 Å². The Labute approximate surface area is 171 Å². The third-order valence-corrected chi connectivity index (χ3v) is 4.38. The van der Waals surface area contributed by atoms with Gasteiger partial charge in [-0.15, -0.1) is 0 Å². The number of benzene rings is 3. The molecular formula is C21H16BrClN2O2. The maximum Gasteiger partial charge on any atom is 0.271 e. The number of halogens is 2. The third kappa shape index (κ3) is 5.94. The van der Waals surface area contributed by atoms with Gasteiger partial charge in [-0.1, -0.05) is 51.8 Å². The van der Waals surface area contributed by atoms with Crippen LogP contribution in [0.15, 0.2) is 82.4 Å². The minimum absolute atomic E-state index is 0.301. The van der Waals surface area contributed by atoms with Crippen LogP contribution in [0.1, 0.15) is 21.5 Å². The van der Waals surface area contributed by atoms with E-state index in [2.05, 4.69) is 26.5 Å². The number of carbonyl (C=O) groups excluding carboxylic acids is 1. The second-order valence-electron chi connectivity index (χ2n) is 5.70. The molecule has 0 heterocycles. The maximum atomic E-state index is 12.0. The summed E-state index contributed by atoms with van der Waals surface area (Å²) in [6.07, 6.45) is 1.57. The van der Waals surface area contributed by atoms with E-state index in [4.69, 9.17) is 16.3 Å². The Hall–Kier alpha value is -2.63. The molecule has 3 rings (SSSR count). The molecule has 1 amide bonds. The van der Waals surface area contributed by atoms with E-state index >= 15 is 0 Å². The number of hydrogen-bond donors (Lipinski definition) is 1. The van der Waals surface area contributed by atoms with E-state index in [0.29, 0.717) is 17.2 Å². The molecule has 0 fully saturated rings. The highest BCUT2D eigenvalue weighted by molar-refractivity contribution is 9.10. The van der Waals surface area contributed by atoms with Crippen LogP contribution in [0.4, 0.5) is 0 Å². The van der Waals surface area contributed by atoms with Gasteiger partial charge < -0.3 is 4.74 Å². The van der Waals surface area contributed by atoms with Crippen molar-refractivity contribution in [3.8, 4) is 5.75 Å². The Morgan fingerprint density at radius 2 is 1.85 bits per heavy atom. The molecule has 3 aromatic rings. The van der Waals surface area contributed by atoms with Crippen LogP contribution in [0.2, 0.25) is 5.02 Å². The monoisotopic (exact) mass is 442 g/mol. The fourth-order valence-corrected chi connectivity index (χ4v) is 2.88. The molecule has 0 bridgehead atoms. The van der Waals surface area contributed by atoms with Crippen molar-refractivity contribution in [3.63, 3.8) is 0 Å². The second-order valence-corrected chi connectivity index (χ2v) is 7.05. The first-order valence-corrected chi connectivity index (χ1v) is 9.33. The Bertz CT molecular complexity index is 958. The van der Waals surface area contributed by atoms with Crippen LogP contribution < -0.4 is 10.2 Å². The quantitative estimate of drug-likeness (QED) is 0.407. The SMILES string of the molecule is O=C(NN=Cc1cccc(OCc2cccc(Br)c2)c1)c1ccc(Cl)cc1. The molecule has 0 radical (unpaired) electrons. The number of rotatable bonds is 6. The van der Waals surface area contributed by atoms with Gasteiger partial charge in [0.1, 0.15) is 12.4 Å². The molecule has 0 aromatic heterocycles. The number of ether oxygens (including phenoxy) is 1. The molecule has 4 nitrogen and oxygen atoms in total. The molecule has 0 unspecified atom stereocenters. The lowest BCUT2D eigenvalue weighted by Crippen LogP contribution is -2.17. The lowest BCUT2D eigenvalue weighted by atomic mass is 10.2. The highest BCUT2D eigenvalue weighted by Crippen LogP contribution is 2.16. The van der Waals surface area contributed by atoms with Crippen molar-refractivity contribution in [1.29, 1.82) is 0 Å². The van der Waals surface area contributed by atoms with Crippen molar-refractivity contribution >= 4 is 39.7 Å². The van der Waals surface area contributed by atoms with Crippen LogP contribution in [0.3, 0.4) is 0 Å². The van der Waals surface area contributed by atoms with E-state index in [9.17, 15) is 4.79 Å². The van der Waals surface area contributed by atoms with Crippen molar-refractivity contribution in [2.45, 2.75) is 6.61 Å². The van der Waals surface area contributed by atoms with Gasteiger partial charge >= 0.3 is 0 Å². The third-order valence-electron chi connectivity index (χ3n) is 3.64. The highest BCUT2D eigenvalue weighted by atomic mass is 79.9. The number of amides is 1. The van der Waals surface area contributed by atoms with Gasteiger partial charge in [-0.05, 0) is 59.7 Å². The summed E-state index contributed by atoms with van der Waals surface area (Å²) in [5.41, 5.74) is 4.87. The van der Waals surface area contributed by atoms with E-state index in [1.54, 1.807) is 30.5 Å². The Balaban J connectivity index is 1.57. The van der Waals surface area contributed by atoms with Crippen LogP contribution >= 0.6 is 27.5 Å². The van der Waals surface area contributed by atoms with Crippen LogP contribution in [-0.4, -0.2) is 12.1 Å². The topological polar surface area (TPSA) is 50.7 Å². The van der Waals surface area contributed by atoms with Crippen LogP contribution in [0, 0.1) is 0 Å². The fraction of sp³-hybridized carbons (Fsp3) is 0.0476. The minimum Gasteiger partial charge on any atom is -0.489 e. The highest BCUT2D eigenvalue weighted by Gasteiger charge is 2.03. The molecule has 0 aliphatic rings. The van der Waals surface area contributed by atoms with Gasteiger partial charge in [-0.2, -0.15) is 5.10 Å². The Morgan fingerprint density at radius 1 is 1.07 bits per heavy atom. The predicted molar refractivity (Wildman–Crippen MR) is 111 cm³/mol. The molecule has 0 saturated carbocycles. The van der Waals surface area contributed by atoms with Crippen molar-refractivity contribution in [2.75, 3.05) is 0 Å². The molecule has 0 atom stereocenters. The molecule has 0 aliphatic heterocycles. The van der Waals surface area contributed by atoms with Crippen molar-refractivity contribution in [3.05, 3.63) is 99.0 Å². The first kappa shape index (κ1) is 19.1. The van der Waals surface area contributed by atoms with E-state index in [0.717, 1.165) is 21.3 Å². The summed E-state index contributed by atoms with van der Waals surface area (Å²) in [6, 6.07) is 22.0. The maximum absolute atomic E-state index is 12.0. The first-order valence-electron chi connectivity index (χ1n) is 8.16. The zero-order chi connectivity index (χ0) is 19.1. The average Bonchev–Trinajstić information content (AvgIpc) is 2.67. The molecular weight excluding hydrogens is 428 g/mol. The summed E-state index contributed by atoms with van der Waals surface area (Å²) in [7, 11) is 0. The molecule has 0 aliphatic carbocycles. The van der Waals surface area contributed by atoms with Gasteiger partial charge in [-0.25, -0.2) is 5.43 Å². The summed E-state index contributed by atoms with van der Waals surface area (Å²) < 4.78 is 6.83. The summed E-state index contributed by atoms with van der Waals surface area (Å²) in [4.78, 5) is 12.0. The lowest BCUT2D eigenvalue weighted by Gasteiger charge is -2.07. The second kappa shape index (κ2) is 9.35. The van der Waals surface area contributed by atoms with Gasteiger partial charge in [0, 0.05) is 15.1 Å². The average molecular weight is 444 g/mol.